The Balaban J connectivity index is 1.32. The molecule has 31 heavy (non-hydrogen) atoms. The van der Waals surface area contributed by atoms with E-state index in [1.54, 1.807) is 19.1 Å². The molecule has 2 aliphatic rings. The first-order valence-electron chi connectivity index (χ1n) is 10.8. The van der Waals surface area contributed by atoms with Crippen molar-refractivity contribution in [2.75, 3.05) is 12.3 Å². The molecule has 4 rings (SSSR count). The van der Waals surface area contributed by atoms with Crippen LogP contribution in [0.5, 0.6) is 0 Å². The third kappa shape index (κ3) is 4.85. The van der Waals surface area contributed by atoms with E-state index in [2.05, 4.69) is 20.9 Å². The number of anilines is 1. The summed E-state index contributed by atoms with van der Waals surface area (Å²) in [5.74, 6) is -0.145. The molecular weight excluding hydrogens is 397 g/mol. The fraction of sp³-hybridized carbons (Fsp3) is 0.435. The van der Waals surface area contributed by atoms with Crippen molar-refractivity contribution in [1.29, 1.82) is 0 Å². The molecule has 0 spiro atoms. The van der Waals surface area contributed by atoms with Crippen LogP contribution in [0.2, 0.25) is 0 Å². The smallest absolute Gasteiger partial charge is 0.242 e. The molecule has 2 heterocycles. The zero-order valence-corrected chi connectivity index (χ0v) is 17.5. The van der Waals surface area contributed by atoms with Gasteiger partial charge in [0.05, 0.1) is 12.1 Å². The highest BCUT2D eigenvalue weighted by Gasteiger charge is 2.31. The number of aryl methyl sites for hydroxylation is 1. The van der Waals surface area contributed by atoms with Gasteiger partial charge in [-0.15, -0.1) is 0 Å². The maximum absolute atomic E-state index is 13.6. The van der Waals surface area contributed by atoms with E-state index < -0.39 is 12.1 Å². The number of hydrogen-bond donors (Lipinski definition) is 4. The minimum absolute atomic E-state index is 0.103. The molecule has 5 N–H and O–H groups in total. The second-order valence-electron chi connectivity index (χ2n) is 8.39. The van der Waals surface area contributed by atoms with E-state index in [0.717, 1.165) is 36.1 Å². The van der Waals surface area contributed by atoms with Gasteiger partial charge in [-0.2, -0.15) is 0 Å². The Hall–Kier alpha value is -3.00. The summed E-state index contributed by atoms with van der Waals surface area (Å²) in [5, 5.41) is 9.03. The lowest BCUT2D eigenvalue weighted by Gasteiger charge is -2.30. The average molecular weight is 426 g/mol. The molecule has 1 fully saturated rings. The maximum Gasteiger partial charge on any atom is 0.242 e. The van der Waals surface area contributed by atoms with Crippen LogP contribution in [-0.4, -0.2) is 35.4 Å². The predicted molar refractivity (Wildman–Crippen MR) is 116 cm³/mol. The lowest BCUT2D eigenvalue weighted by molar-refractivity contribution is -0.130. The summed E-state index contributed by atoms with van der Waals surface area (Å²) in [6.07, 6.45) is 2.92. The number of nitrogen functional groups attached to an aromatic ring is 1. The Labute approximate surface area is 181 Å². The number of fused-ring (bicyclic) bond motifs is 1. The number of halogens is 1. The van der Waals surface area contributed by atoms with Gasteiger partial charge in [0.1, 0.15) is 17.7 Å². The van der Waals surface area contributed by atoms with Gasteiger partial charge in [0.2, 0.25) is 11.8 Å². The van der Waals surface area contributed by atoms with Gasteiger partial charge in [-0.05, 0) is 74.4 Å². The largest absolute Gasteiger partial charge is 0.384 e. The van der Waals surface area contributed by atoms with Crippen LogP contribution in [0.1, 0.15) is 55.0 Å². The highest BCUT2D eigenvalue weighted by molar-refractivity contribution is 5.89. The predicted octanol–water partition coefficient (Wildman–Crippen LogP) is 1.95. The molecule has 1 aliphatic heterocycles. The van der Waals surface area contributed by atoms with Crippen LogP contribution in [0.25, 0.3) is 0 Å². The van der Waals surface area contributed by atoms with Crippen LogP contribution < -0.4 is 21.7 Å². The number of nitrogens with zero attached hydrogens (tertiary/aromatic N) is 1. The SMILES string of the molecule is C[C@H](NC(=O)[C@H]1C[C@H](c2cccc(F)c2)CCN1)C(=O)NC1CCc2nc(N)ccc21. The molecule has 7 nitrogen and oxygen atoms in total. The van der Waals surface area contributed by atoms with E-state index in [1.165, 1.54) is 12.1 Å². The van der Waals surface area contributed by atoms with Crippen LogP contribution in [0.4, 0.5) is 10.2 Å². The van der Waals surface area contributed by atoms with Crippen LogP contribution in [0.3, 0.4) is 0 Å². The summed E-state index contributed by atoms with van der Waals surface area (Å²) in [6.45, 7) is 2.34. The first kappa shape index (κ1) is 21.2. The molecule has 1 unspecified atom stereocenters. The number of benzene rings is 1. The van der Waals surface area contributed by atoms with Gasteiger partial charge in [0.25, 0.3) is 0 Å². The number of carbonyl (C=O) groups excluding carboxylic acids is 2. The molecule has 1 aromatic heterocycles. The van der Waals surface area contributed by atoms with Gasteiger partial charge in [0.15, 0.2) is 0 Å². The van der Waals surface area contributed by atoms with Crippen molar-refractivity contribution in [2.45, 2.75) is 56.7 Å². The average Bonchev–Trinajstić information content (AvgIpc) is 3.15. The van der Waals surface area contributed by atoms with Gasteiger partial charge in [-0.1, -0.05) is 18.2 Å². The van der Waals surface area contributed by atoms with Crippen molar-refractivity contribution in [2.24, 2.45) is 0 Å². The Morgan fingerprint density at radius 3 is 2.90 bits per heavy atom. The second kappa shape index (κ2) is 9.01. The fourth-order valence-electron chi connectivity index (χ4n) is 4.49. The summed E-state index contributed by atoms with van der Waals surface area (Å²) >= 11 is 0. The number of nitrogens with one attached hydrogen (secondary N) is 3. The van der Waals surface area contributed by atoms with Crippen molar-refractivity contribution in [3.8, 4) is 0 Å². The molecule has 8 heteroatoms. The second-order valence-corrected chi connectivity index (χ2v) is 8.39. The summed E-state index contributed by atoms with van der Waals surface area (Å²) in [5.41, 5.74) is 8.53. The number of piperidine rings is 1. The third-order valence-electron chi connectivity index (χ3n) is 6.19. The molecule has 164 valence electrons. The molecule has 1 aliphatic carbocycles. The normalized spacial score (nSPS) is 23.6. The van der Waals surface area contributed by atoms with Crippen molar-refractivity contribution >= 4 is 17.6 Å². The maximum atomic E-state index is 13.6. The Kier molecular flexibility index (Phi) is 6.18. The minimum atomic E-state index is -0.672. The van der Waals surface area contributed by atoms with Crippen molar-refractivity contribution in [3.63, 3.8) is 0 Å². The van der Waals surface area contributed by atoms with Crippen LogP contribution >= 0.6 is 0 Å². The van der Waals surface area contributed by atoms with E-state index in [4.69, 9.17) is 5.73 Å². The van der Waals surface area contributed by atoms with Gasteiger partial charge >= 0.3 is 0 Å². The molecule has 2 aromatic rings. The van der Waals surface area contributed by atoms with Crippen LogP contribution in [-0.2, 0) is 16.0 Å². The number of rotatable bonds is 5. The Bertz CT molecular complexity index is 982. The molecule has 0 bridgehead atoms. The highest BCUT2D eigenvalue weighted by atomic mass is 19.1. The number of pyridine rings is 1. The van der Waals surface area contributed by atoms with E-state index >= 15 is 0 Å². The fourth-order valence-corrected chi connectivity index (χ4v) is 4.49. The summed E-state index contributed by atoms with van der Waals surface area (Å²) in [4.78, 5) is 29.8. The Morgan fingerprint density at radius 2 is 2.10 bits per heavy atom. The summed E-state index contributed by atoms with van der Waals surface area (Å²) < 4.78 is 13.6. The van der Waals surface area contributed by atoms with E-state index in [0.29, 0.717) is 18.8 Å². The first-order chi connectivity index (χ1) is 14.9. The standard InChI is InChI=1S/C23H28FN5O2/c1-13(22(30)29-19-7-6-18-17(19)5-8-21(25)28-18)27-23(31)20-12-15(9-10-26-20)14-3-2-4-16(24)11-14/h2-5,8,11,13,15,19-20,26H,6-7,9-10,12H2,1H3,(H2,25,28)(H,27,31)(H,29,30)/t13-,15+,19?,20+/m0/s1. The molecule has 1 aromatic carbocycles. The summed E-state index contributed by atoms with van der Waals surface area (Å²) in [7, 11) is 0. The minimum Gasteiger partial charge on any atom is -0.384 e. The number of nitrogens with two attached hydrogens (primary N) is 1. The number of amides is 2. The Morgan fingerprint density at radius 1 is 1.26 bits per heavy atom. The van der Waals surface area contributed by atoms with E-state index in [9.17, 15) is 14.0 Å². The topological polar surface area (TPSA) is 109 Å². The number of hydrogen-bond acceptors (Lipinski definition) is 5. The summed E-state index contributed by atoms with van der Waals surface area (Å²) in [6, 6.07) is 8.96. The monoisotopic (exact) mass is 425 g/mol. The molecular formula is C23H28FN5O2. The van der Waals surface area contributed by atoms with Crippen molar-refractivity contribution < 1.29 is 14.0 Å². The van der Waals surface area contributed by atoms with Gasteiger partial charge in [-0.25, -0.2) is 9.37 Å². The quantitative estimate of drug-likeness (QED) is 0.586. The highest BCUT2D eigenvalue weighted by Crippen LogP contribution is 2.30. The lowest BCUT2D eigenvalue weighted by atomic mass is 9.86. The number of carbonyl (C=O) groups is 2. The van der Waals surface area contributed by atoms with Crippen LogP contribution in [0.15, 0.2) is 36.4 Å². The third-order valence-corrected chi connectivity index (χ3v) is 6.19. The molecule has 2 amide bonds. The van der Waals surface area contributed by atoms with Gasteiger partial charge in [0, 0.05) is 5.69 Å². The molecule has 1 saturated heterocycles. The molecule has 4 atom stereocenters. The number of aromatic nitrogens is 1. The van der Waals surface area contributed by atoms with Gasteiger partial charge in [-0.3, -0.25) is 9.59 Å². The van der Waals surface area contributed by atoms with E-state index in [-0.39, 0.29) is 29.6 Å². The van der Waals surface area contributed by atoms with Crippen LogP contribution in [0, 0.1) is 5.82 Å². The zero-order chi connectivity index (χ0) is 22.0. The van der Waals surface area contributed by atoms with Crippen molar-refractivity contribution in [1.82, 2.24) is 20.9 Å². The first-order valence-corrected chi connectivity index (χ1v) is 10.8. The zero-order valence-electron chi connectivity index (χ0n) is 17.5. The van der Waals surface area contributed by atoms with Crippen molar-refractivity contribution in [3.05, 3.63) is 59.0 Å². The molecule has 0 saturated carbocycles. The molecule has 0 radical (unpaired) electrons. The van der Waals surface area contributed by atoms with E-state index in [1.807, 2.05) is 12.1 Å². The lowest BCUT2D eigenvalue weighted by Crippen LogP contribution is -2.53. The van der Waals surface area contributed by atoms with Gasteiger partial charge < -0.3 is 21.7 Å².